The Hall–Kier alpha value is -1.06. The number of H-pyrrole nitrogens is 1. The highest BCUT2D eigenvalue weighted by Gasteiger charge is 2.09. The highest BCUT2D eigenvalue weighted by molar-refractivity contribution is 5.31. The molecule has 0 bridgehead atoms. The van der Waals surface area contributed by atoms with Crippen LogP contribution in [0.5, 0.6) is 0 Å². The predicted molar refractivity (Wildman–Crippen MR) is 46.1 cm³/mol. The summed E-state index contributed by atoms with van der Waals surface area (Å²) in [6, 6.07) is 0. The van der Waals surface area contributed by atoms with E-state index in [0.717, 1.165) is 6.42 Å². The van der Waals surface area contributed by atoms with Gasteiger partial charge in [0.2, 0.25) is 0 Å². The van der Waals surface area contributed by atoms with Crippen molar-refractivity contribution in [3.8, 4) is 0 Å². The van der Waals surface area contributed by atoms with Crippen molar-refractivity contribution in [3.05, 3.63) is 11.5 Å². The van der Waals surface area contributed by atoms with Gasteiger partial charge in [0.25, 0.3) is 0 Å². The molecule has 0 aliphatic heterocycles. The molecular weight excluding hydrogens is 157 g/mol. The van der Waals surface area contributed by atoms with Gasteiger partial charge in [-0.1, -0.05) is 13.8 Å². The normalized spacial score (nSPS) is 11.0. The number of nitrogens with two attached hydrogens (primary N) is 1. The largest absolute Gasteiger partial charge is 0.380 e. The second-order valence-electron chi connectivity index (χ2n) is 3.33. The summed E-state index contributed by atoms with van der Waals surface area (Å²) in [6.45, 7) is 4.19. The smallest absolute Gasteiger partial charge is 0.187 e. The number of nitrogen functional groups attached to an aromatic ring is 1. The fraction of sp³-hybridized carbons (Fsp3) is 0.625. The van der Waals surface area contributed by atoms with Gasteiger partial charge in [-0.25, -0.2) is 4.39 Å². The predicted octanol–water partition coefficient (Wildman–Crippen LogP) is 1.72. The highest BCUT2D eigenvalue weighted by Crippen LogP contribution is 2.14. The summed E-state index contributed by atoms with van der Waals surface area (Å²) in [6.07, 6.45) is 1.62. The second-order valence-corrected chi connectivity index (χ2v) is 3.33. The fourth-order valence-electron chi connectivity index (χ4n) is 0.979. The Kier molecular flexibility index (Phi) is 2.68. The number of nitrogens with zero attached hydrogens (tertiary/aromatic N) is 1. The van der Waals surface area contributed by atoms with E-state index in [1.54, 1.807) is 0 Å². The van der Waals surface area contributed by atoms with Crippen molar-refractivity contribution >= 4 is 5.82 Å². The number of hydrogen-bond acceptors (Lipinski definition) is 2. The molecule has 0 spiro atoms. The molecular formula is C8H14FN3. The molecule has 12 heavy (non-hydrogen) atoms. The van der Waals surface area contributed by atoms with Crippen LogP contribution in [0, 0.1) is 11.7 Å². The summed E-state index contributed by atoms with van der Waals surface area (Å²) in [5.41, 5.74) is 5.74. The van der Waals surface area contributed by atoms with Gasteiger partial charge in [-0.15, -0.1) is 0 Å². The van der Waals surface area contributed by atoms with Gasteiger partial charge in [-0.05, 0) is 18.8 Å². The molecule has 4 heteroatoms. The molecule has 3 N–H and O–H groups in total. The molecule has 1 heterocycles. The average molecular weight is 171 g/mol. The van der Waals surface area contributed by atoms with Crippen LogP contribution in [0.4, 0.5) is 10.2 Å². The van der Waals surface area contributed by atoms with Crippen LogP contribution in [0.2, 0.25) is 0 Å². The summed E-state index contributed by atoms with van der Waals surface area (Å²) in [7, 11) is 0. The van der Waals surface area contributed by atoms with Crippen molar-refractivity contribution in [2.24, 2.45) is 5.92 Å². The lowest BCUT2D eigenvalue weighted by atomic mass is 10.1. The van der Waals surface area contributed by atoms with E-state index in [4.69, 9.17) is 5.73 Å². The number of aromatic amines is 1. The first-order valence-electron chi connectivity index (χ1n) is 4.09. The van der Waals surface area contributed by atoms with Gasteiger partial charge >= 0.3 is 0 Å². The SMILES string of the molecule is CC(C)CCc1[nH]nc(N)c1F. The summed E-state index contributed by atoms with van der Waals surface area (Å²) in [4.78, 5) is 0. The lowest BCUT2D eigenvalue weighted by Gasteiger charge is -2.01. The third-order valence-corrected chi connectivity index (χ3v) is 1.77. The molecule has 1 aromatic heterocycles. The van der Waals surface area contributed by atoms with E-state index in [1.165, 1.54) is 0 Å². The Labute approximate surface area is 71.2 Å². The Morgan fingerprint density at radius 1 is 1.58 bits per heavy atom. The van der Waals surface area contributed by atoms with Gasteiger partial charge in [-0.3, -0.25) is 5.10 Å². The maximum atomic E-state index is 13.0. The van der Waals surface area contributed by atoms with Gasteiger partial charge in [0.1, 0.15) is 0 Å². The minimum Gasteiger partial charge on any atom is -0.380 e. The van der Waals surface area contributed by atoms with E-state index in [-0.39, 0.29) is 5.82 Å². The molecule has 0 saturated carbocycles. The van der Waals surface area contributed by atoms with Crippen LogP contribution in [0.25, 0.3) is 0 Å². The molecule has 0 unspecified atom stereocenters. The Bertz CT molecular complexity index is 255. The van der Waals surface area contributed by atoms with Crippen molar-refractivity contribution in [1.82, 2.24) is 10.2 Å². The molecule has 0 aromatic carbocycles. The van der Waals surface area contributed by atoms with E-state index in [2.05, 4.69) is 24.0 Å². The van der Waals surface area contributed by atoms with Crippen molar-refractivity contribution in [2.45, 2.75) is 26.7 Å². The first-order chi connectivity index (χ1) is 5.61. The number of hydrogen-bond donors (Lipinski definition) is 2. The zero-order chi connectivity index (χ0) is 9.14. The molecule has 0 atom stereocenters. The quantitative estimate of drug-likeness (QED) is 0.727. The highest BCUT2D eigenvalue weighted by atomic mass is 19.1. The number of anilines is 1. The van der Waals surface area contributed by atoms with Gasteiger partial charge in [-0.2, -0.15) is 5.10 Å². The van der Waals surface area contributed by atoms with Crippen LogP contribution in [-0.4, -0.2) is 10.2 Å². The number of aryl methyl sites for hydroxylation is 1. The van der Waals surface area contributed by atoms with E-state index < -0.39 is 5.82 Å². The zero-order valence-corrected chi connectivity index (χ0v) is 7.39. The van der Waals surface area contributed by atoms with Crippen LogP contribution in [0.15, 0.2) is 0 Å². The molecule has 3 nitrogen and oxygen atoms in total. The maximum Gasteiger partial charge on any atom is 0.187 e. The van der Waals surface area contributed by atoms with Crippen LogP contribution in [0.3, 0.4) is 0 Å². The van der Waals surface area contributed by atoms with Crippen molar-refractivity contribution in [3.63, 3.8) is 0 Å². The summed E-state index contributed by atoms with van der Waals surface area (Å²) >= 11 is 0. The van der Waals surface area contributed by atoms with E-state index >= 15 is 0 Å². The maximum absolute atomic E-state index is 13.0. The molecule has 0 fully saturated rings. The third kappa shape index (κ3) is 1.96. The average Bonchev–Trinajstić information content (AvgIpc) is 2.30. The molecule has 0 aliphatic carbocycles. The first kappa shape index (κ1) is 9.03. The summed E-state index contributed by atoms with van der Waals surface area (Å²) < 4.78 is 13.0. The first-order valence-corrected chi connectivity index (χ1v) is 4.09. The minimum atomic E-state index is -0.393. The van der Waals surface area contributed by atoms with Crippen molar-refractivity contribution in [2.75, 3.05) is 5.73 Å². The molecule has 0 saturated heterocycles. The van der Waals surface area contributed by atoms with Gasteiger partial charge < -0.3 is 5.73 Å². The van der Waals surface area contributed by atoms with Crippen LogP contribution < -0.4 is 5.73 Å². The van der Waals surface area contributed by atoms with Gasteiger partial charge in [0.15, 0.2) is 11.6 Å². The van der Waals surface area contributed by atoms with E-state index in [1.807, 2.05) is 0 Å². The summed E-state index contributed by atoms with van der Waals surface area (Å²) in [5, 5.41) is 6.15. The number of rotatable bonds is 3. The van der Waals surface area contributed by atoms with Gasteiger partial charge in [0.05, 0.1) is 5.69 Å². The van der Waals surface area contributed by atoms with Crippen molar-refractivity contribution < 1.29 is 4.39 Å². The number of aromatic nitrogens is 2. The van der Waals surface area contributed by atoms with E-state index in [9.17, 15) is 4.39 Å². The Morgan fingerprint density at radius 2 is 2.25 bits per heavy atom. The van der Waals surface area contributed by atoms with Gasteiger partial charge in [0, 0.05) is 0 Å². The Balaban J connectivity index is 2.58. The number of nitrogens with one attached hydrogen (secondary N) is 1. The summed E-state index contributed by atoms with van der Waals surface area (Å²) in [5.74, 6) is 0.137. The zero-order valence-electron chi connectivity index (χ0n) is 7.39. The van der Waals surface area contributed by atoms with E-state index in [0.29, 0.717) is 18.0 Å². The third-order valence-electron chi connectivity index (χ3n) is 1.77. The fourth-order valence-corrected chi connectivity index (χ4v) is 0.979. The monoisotopic (exact) mass is 171 g/mol. The Morgan fingerprint density at radius 3 is 2.67 bits per heavy atom. The standard InChI is InChI=1S/C8H14FN3/c1-5(2)3-4-6-7(9)8(10)12-11-6/h5H,3-4H2,1-2H3,(H3,10,11,12). The topological polar surface area (TPSA) is 54.7 Å². The molecule has 1 rings (SSSR count). The number of halogens is 1. The van der Waals surface area contributed by atoms with Crippen LogP contribution >= 0.6 is 0 Å². The lowest BCUT2D eigenvalue weighted by Crippen LogP contribution is -1.95. The molecule has 68 valence electrons. The lowest BCUT2D eigenvalue weighted by molar-refractivity contribution is 0.555. The van der Waals surface area contributed by atoms with Crippen LogP contribution in [-0.2, 0) is 6.42 Å². The second kappa shape index (κ2) is 3.56. The molecule has 0 amide bonds. The minimum absolute atomic E-state index is 0.0336. The van der Waals surface area contributed by atoms with Crippen LogP contribution in [0.1, 0.15) is 26.0 Å². The molecule has 0 radical (unpaired) electrons. The molecule has 0 aliphatic rings. The van der Waals surface area contributed by atoms with Crippen molar-refractivity contribution in [1.29, 1.82) is 0 Å². The molecule has 1 aromatic rings.